The Morgan fingerprint density at radius 2 is 2.08 bits per heavy atom. The molecule has 1 saturated heterocycles. The Morgan fingerprint density at radius 1 is 1.50 bits per heavy atom. The van der Waals surface area contributed by atoms with Crippen molar-refractivity contribution in [3.63, 3.8) is 0 Å². The zero-order valence-electron chi connectivity index (χ0n) is 12.5. The average molecular weight is 350 g/mol. The Hall–Kier alpha value is -1.99. The van der Waals surface area contributed by atoms with Gasteiger partial charge >= 0.3 is 11.9 Å². The lowest BCUT2D eigenvalue weighted by Gasteiger charge is -2.44. The van der Waals surface area contributed by atoms with Crippen LogP contribution in [0.5, 0.6) is 0 Å². The summed E-state index contributed by atoms with van der Waals surface area (Å²) in [5.41, 5.74) is 8.52. The maximum absolute atomic E-state index is 11.6. The molecule has 13 heteroatoms. The van der Waals surface area contributed by atoms with Crippen LogP contribution in [0.2, 0.25) is 0 Å². The number of nitrogens with zero attached hydrogens (tertiary/aromatic N) is 4. The molecule has 0 aromatic heterocycles. The molecule has 13 nitrogen and oxygen atoms in total. The second kappa shape index (κ2) is 7.72. The van der Waals surface area contributed by atoms with Crippen LogP contribution in [0.3, 0.4) is 0 Å². The van der Waals surface area contributed by atoms with Gasteiger partial charge in [0.05, 0.1) is 6.61 Å². The number of azide groups is 1. The van der Waals surface area contributed by atoms with E-state index in [1.807, 2.05) is 0 Å². The lowest BCUT2D eigenvalue weighted by molar-refractivity contribution is -0.303. The van der Waals surface area contributed by atoms with E-state index in [9.17, 15) is 30.0 Å². The predicted molar refractivity (Wildman–Crippen MR) is 72.6 cm³/mol. The van der Waals surface area contributed by atoms with Crippen LogP contribution >= 0.6 is 0 Å². The van der Waals surface area contributed by atoms with Gasteiger partial charge in [0.2, 0.25) is 0 Å². The minimum Gasteiger partial charge on any atom is -0.477 e. The number of ether oxygens (including phenoxy) is 1. The highest BCUT2D eigenvalue weighted by atomic mass is 16.7. The van der Waals surface area contributed by atoms with Crippen molar-refractivity contribution < 1.29 is 45.0 Å². The van der Waals surface area contributed by atoms with Crippen molar-refractivity contribution in [2.45, 2.75) is 49.6 Å². The first-order valence-electron chi connectivity index (χ1n) is 6.72. The number of hydrogen-bond donors (Lipinski definition) is 6. The molecule has 0 bridgehead atoms. The van der Waals surface area contributed by atoms with E-state index in [0.717, 1.165) is 6.92 Å². The number of rotatable bonds is 6. The summed E-state index contributed by atoms with van der Waals surface area (Å²) in [6, 6.07) is -1.62. The van der Waals surface area contributed by atoms with Gasteiger partial charge < -0.3 is 35.4 Å². The first kappa shape index (κ1) is 20.1. The molecule has 136 valence electrons. The minimum absolute atomic E-state index is 0.393. The van der Waals surface area contributed by atoms with Crippen molar-refractivity contribution in [3.05, 3.63) is 10.4 Å². The van der Waals surface area contributed by atoms with Crippen molar-refractivity contribution >= 4 is 11.9 Å². The van der Waals surface area contributed by atoms with Gasteiger partial charge in [-0.1, -0.05) is 0 Å². The first-order valence-corrected chi connectivity index (χ1v) is 6.72. The van der Waals surface area contributed by atoms with Crippen molar-refractivity contribution in [1.82, 2.24) is 5.01 Å². The SMILES string of the molecule is CC(=O)N(N=[N+]=[N-])[C@@H]1[C@@H](O)C[C@](O)(C(=O)O)O[C@H]1C(O)[C@H](O)CO. The van der Waals surface area contributed by atoms with Gasteiger partial charge in [0.15, 0.2) is 6.04 Å². The predicted octanol–water partition coefficient (Wildman–Crippen LogP) is -2.93. The molecule has 1 unspecified atom stereocenters. The number of aliphatic hydroxyl groups excluding tert-OH is 4. The molecular weight excluding hydrogens is 332 g/mol. The van der Waals surface area contributed by atoms with Gasteiger partial charge in [-0.25, -0.2) is 9.59 Å². The summed E-state index contributed by atoms with van der Waals surface area (Å²) in [4.78, 5) is 25.1. The standard InChI is InChI=1S/C11H18N4O9/c1-4(17)15(14-13-12)7-5(18)2-11(23,10(21)22)24-9(7)8(20)6(19)3-16/h5-9,16,18-20,23H,2-3H2,1H3,(H,21,22)/t5-,6+,7+,8?,9+,11+/m0/s1. The molecule has 0 aliphatic carbocycles. The quantitative estimate of drug-likeness (QED) is 0.125. The first-order chi connectivity index (χ1) is 11.1. The van der Waals surface area contributed by atoms with Crippen LogP contribution < -0.4 is 0 Å². The maximum atomic E-state index is 11.6. The number of carboxylic acids is 1. The van der Waals surface area contributed by atoms with E-state index in [1.54, 1.807) is 0 Å². The molecule has 0 radical (unpaired) electrons. The number of amides is 1. The molecule has 1 heterocycles. The van der Waals surface area contributed by atoms with E-state index in [4.69, 9.17) is 20.5 Å². The van der Waals surface area contributed by atoms with E-state index in [2.05, 4.69) is 10.1 Å². The zero-order valence-corrected chi connectivity index (χ0v) is 12.5. The molecule has 6 atom stereocenters. The van der Waals surface area contributed by atoms with Crippen LogP contribution in [0.15, 0.2) is 5.22 Å². The Bertz CT molecular complexity index is 538. The van der Waals surface area contributed by atoms with E-state index >= 15 is 0 Å². The van der Waals surface area contributed by atoms with Crippen molar-refractivity contribution in [1.29, 1.82) is 0 Å². The van der Waals surface area contributed by atoms with Crippen LogP contribution in [0.4, 0.5) is 0 Å². The molecule has 0 saturated carbocycles. The summed E-state index contributed by atoms with van der Waals surface area (Å²) in [6.45, 7) is 0.00222. The lowest BCUT2D eigenvalue weighted by Crippen LogP contribution is -2.67. The lowest BCUT2D eigenvalue weighted by atomic mass is 9.88. The summed E-state index contributed by atoms with van der Waals surface area (Å²) in [5.74, 6) is -5.68. The molecule has 1 aliphatic rings. The molecule has 6 N–H and O–H groups in total. The fraction of sp³-hybridized carbons (Fsp3) is 0.818. The van der Waals surface area contributed by atoms with Gasteiger partial charge in [-0.3, -0.25) is 0 Å². The van der Waals surface area contributed by atoms with Crippen molar-refractivity contribution in [2.75, 3.05) is 6.61 Å². The summed E-state index contributed by atoms with van der Waals surface area (Å²) in [6.07, 6.45) is -8.45. The second-order valence-electron chi connectivity index (χ2n) is 5.22. The number of carbonyl (C=O) groups is 2. The third-order valence-electron chi connectivity index (χ3n) is 3.54. The Labute approximate surface area is 134 Å². The highest BCUT2D eigenvalue weighted by molar-refractivity contribution is 5.76. The molecule has 0 aromatic rings. The van der Waals surface area contributed by atoms with E-state index in [1.165, 1.54) is 0 Å². The van der Waals surface area contributed by atoms with Gasteiger partial charge in [-0.05, 0) is 5.22 Å². The third kappa shape index (κ3) is 3.91. The number of aliphatic hydroxyl groups is 5. The van der Waals surface area contributed by atoms with Crippen LogP contribution in [-0.2, 0) is 14.3 Å². The number of carboxylic acid groups (broad SMARTS) is 1. The fourth-order valence-electron chi connectivity index (χ4n) is 2.38. The van der Waals surface area contributed by atoms with Crippen LogP contribution in [-0.4, -0.2) is 90.4 Å². The summed E-state index contributed by atoms with van der Waals surface area (Å²) in [5, 5.41) is 61.0. The normalized spacial score (nSPS) is 32.3. The molecule has 0 spiro atoms. The fourth-order valence-corrected chi connectivity index (χ4v) is 2.38. The van der Waals surface area contributed by atoms with E-state index < -0.39 is 61.1 Å². The van der Waals surface area contributed by atoms with Crippen LogP contribution in [0.1, 0.15) is 13.3 Å². The zero-order chi connectivity index (χ0) is 18.7. The molecule has 1 fully saturated rings. The van der Waals surface area contributed by atoms with Crippen molar-refractivity contribution in [3.8, 4) is 0 Å². The van der Waals surface area contributed by atoms with Crippen molar-refractivity contribution in [2.24, 2.45) is 5.22 Å². The smallest absolute Gasteiger partial charge is 0.364 e. The van der Waals surface area contributed by atoms with Gasteiger partial charge in [-0.15, -0.1) is 5.53 Å². The van der Waals surface area contributed by atoms with E-state index in [0.29, 0.717) is 5.01 Å². The van der Waals surface area contributed by atoms with Crippen LogP contribution in [0, 0.1) is 0 Å². The summed E-state index contributed by atoms with van der Waals surface area (Å²) in [7, 11) is 0. The second-order valence-corrected chi connectivity index (χ2v) is 5.22. The minimum atomic E-state index is -2.92. The summed E-state index contributed by atoms with van der Waals surface area (Å²) >= 11 is 0. The number of aliphatic carboxylic acids is 1. The van der Waals surface area contributed by atoms with E-state index in [-0.39, 0.29) is 0 Å². The van der Waals surface area contributed by atoms with Gasteiger partial charge in [0, 0.05) is 13.3 Å². The van der Waals surface area contributed by atoms with Gasteiger partial charge in [0.25, 0.3) is 5.79 Å². The Morgan fingerprint density at radius 3 is 2.50 bits per heavy atom. The monoisotopic (exact) mass is 350 g/mol. The largest absolute Gasteiger partial charge is 0.477 e. The Kier molecular flexibility index (Phi) is 6.45. The molecule has 24 heavy (non-hydrogen) atoms. The maximum Gasteiger partial charge on any atom is 0.364 e. The molecule has 1 aliphatic heterocycles. The Balaban J connectivity index is 3.34. The van der Waals surface area contributed by atoms with Gasteiger partial charge in [0.1, 0.15) is 24.4 Å². The highest BCUT2D eigenvalue weighted by Gasteiger charge is 2.57. The summed E-state index contributed by atoms with van der Waals surface area (Å²) < 4.78 is 4.88. The molecule has 1 amide bonds. The van der Waals surface area contributed by atoms with Gasteiger partial charge in [-0.2, -0.15) is 9.92 Å². The van der Waals surface area contributed by atoms with Crippen LogP contribution in [0.25, 0.3) is 10.4 Å². The molecule has 0 aromatic carbocycles. The highest BCUT2D eigenvalue weighted by Crippen LogP contribution is 2.33. The topological polar surface area (TPSA) is 217 Å². The average Bonchev–Trinajstić information content (AvgIpc) is 2.50. The number of hydrogen-bond acceptors (Lipinski definition) is 9. The third-order valence-corrected chi connectivity index (χ3v) is 3.54. The molecular formula is C11H18N4O9. The number of carbonyl (C=O) groups excluding carboxylic acids is 1. The molecule has 1 rings (SSSR count).